The van der Waals surface area contributed by atoms with Gasteiger partial charge in [-0.05, 0) is 61.9 Å². The van der Waals surface area contributed by atoms with Crippen LogP contribution in [0, 0.1) is 13.8 Å². The summed E-state index contributed by atoms with van der Waals surface area (Å²) >= 11 is 0. The number of piperidine rings is 1. The molecule has 38 heavy (non-hydrogen) atoms. The van der Waals surface area contributed by atoms with Gasteiger partial charge in [-0.25, -0.2) is 9.97 Å². The molecule has 1 amide bonds. The number of nitrogens with zero attached hydrogens (tertiary/aromatic N) is 4. The first kappa shape index (κ1) is 25.4. The number of aromatic nitrogens is 3. The summed E-state index contributed by atoms with van der Waals surface area (Å²) in [7, 11) is 0. The van der Waals surface area contributed by atoms with Crippen molar-refractivity contribution in [1.82, 2.24) is 19.9 Å². The monoisotopic (exact) mass is 513 g/mol. The van der Waals surface area contributed by atoms with Gasteiger partial charge in [0.25, 0.3) is 0 Å². The number of amides is 1. The molecule has 0 spiro atoms. The molecule has 1 aliphatic rings. The molecule has 196 valence electrons. The van der Waals surface area contributed by atoms with E-state index < -0.39 is 6.61 Å². The largest absolute Gasteiger partial charge is 0.490 e. The van der Waals surface area contributed by atoms with Gasteiger partial charge in [-0.3, -0.25) is 9.78 Å². The summed E-state index contributed by atoms with van der Waals surface area (Å²) in [5.41, 5.74) is 4.70. The molecule has 3 heterocycles. The van der Waals surface area contributed by atoms with Crippen molar-refractivity contribution in [2.75, 3.05) is 25.0 Å². The van der Waals surface area contributed by atoms with Crippen LogP contribution in [0.1, 0.15) is 29.7 Å². The minimum absolute atomic E-state index is 0.00196. The highest BCUT2D eigenvalue weighted by molar-refractivity contribution is 5.91. The Labute approximate surface area is 221 Å². The minimum Gasteiger partial charge on any atom is -0.490 e. The van der Waals surface area contributed by atoms with E-state index in [0.717, 1.165) is 44.9 Å². The molecule has 9 nitrogen and oxygen atoms in total. The molecule has 1 fully saturated rings. The number of carbonyl (C=O) groups excluding carboxylic acids is 1. The van der Waals surface area contributed by atoms with Crippen LogP contribution in [-0.4, -0.2) is 56.7 Å². The smallest absolute Gasteiger partial charge is 0.248 e. The number of nitrogens with one attached hydrogen (secondary N) is 1. The Bertz CT molecular complexity index is 1420. The molecule has 0 saturated carbocycles. The van der Waals surface area contributed by atoms with Crippen molar-refractivity contribution < 1.29 is 19.4 Å². The standard InChI is InChI=1S/C29H31N5O4/c1-19-13-22(5-8-27(19)37-17-21-4-3-20(2)30-15-21)33-29-25-14-24(6-7-26(25)31-18-32-29)38-23-9-11-34(12-10-23)28(36)16-35/h3-8,13-15,18,23,35H,9-12,16-17H2,1-2H3,(H,31,32,33). The fourth-order valence-corrected chi connectivity index (χ4v) is 4.49. The molecule has 1 aliphatic heterocycles. The van der Waals surface area contributed by atoms with Crippen molar-refractivity contribution in [3.8, 4) is 11.5 Å². The summed E-state index contributed by atoms with van der Waals surface area (Å²) in [5.74, 6) is 1.99. The third kappa shape index (κ3) is 6.00. The zero-order valence-corrected chi connectivity index (χ0v) is 21.6. The second kappa shape index (κ2) is 11.4. The predicted octanol–water partition coefficient (Wildman–Crippen LogP) is 4.33. The summed E-state index contributed by atoms with van der Waals surface area (Å²) in [6.45, 7) is 5.13. The van der Waals surface area contributed by atoms with E-state index in [9.17, 15) is 4.79 Å². The minimum atomic E-state index is -0.452. The Morgan fingerprint density at radius 3 is 2.63 bits per heavy atom. The second-order valence-electron chi connectivity index (χ2n) is 9.46. The molecular formula is C29H31N5O4. The van der Waals surface area contributed by atoms with Gasteiger partial charge in [-0.15, -0.1) is 0 Å². The Hall–Kier alpha value is -4.24. The van der Waals surface area contributed by atoms with Crippen LogP contribution < -0.4 is 14.8 Å². The molecular weight excluding hydrogens is 482 g/mol. The van der Waals surface area contributed by atoms with Gasteiger partial charge >= 0.3 is 0 Å². The second-order valence-corrected chi connectivity index (χ2v) is 9.46. The Morgan fingerprint density at radius 2 is 1.89 bits per heavy atom. The van der Waals surface area contributed by atoms with E-state index in [1.54, 1.807) is 11.2 Å². The van der Waals surface area contributed by atoms with Crippen LogP contribution in [0.25, 0.3) is 10.9 Å². The first-order valence-electron chi connectivity index (χ1n) is 12.7. The van der Waals surface area contributed by atoms with E-state index in [1.165, 1.54) is 0 Å². The molecule has 0 radical (unpaired) electrons. The SMILES string of the molecule is Cc1ccc(COc2ccc(Nc3ncnc4ccc(OC5CCN(C(=O)CO)CC5)cc34)cc2C)cn1. The zero-order chi connectivity index (χ0) is 26.5. The van der Waals surface area contributed by atoms with E-state index >= 15 is 0 Å². The number of pyridine rings is 1. The molecule has 0 bridgehead atoms. The van der Waals surface area contributed by atoms with Crippen molar-refractivity contribution in [3.63, 3.8) is 0 Å². The van der Waals surface area contributed by atoms with E-state index in [1.807, 2.05) is 68.6 Å². The van der Waals surface area contributed by atoms with E-state index in [4.69, 9.17) is 14.6 Å². The van der Waals surface area contributed by atoms with Crippen LogP contribution in [0.3, 0.4) is 0 Å². The Morgan fingerprint density at radius 1 is 1.05 bits per heavy atom. The van der Waals surface area contributed by atoms with Crippen LogP contribution in [0.5, 0.6) is 11.5 Å². The molecule has 1 saturated heterocycles. The average molecular weight is 514 g/mol. The van der Waals surface area contributed by atoms with Crippen molar-refractivity contribution in [2.24, 2.45) is 0 Å². The summed E-state index contributed by atoms with van der Waals surface area (Å²) < 4.78 is 12.2. The van der Waals surface area contributed by atoms with Gasteiger partial charge in [0, 0.05) is 54.5 Å². The van der Waals surface area contributed by atoms with E-state index in [2.05, 4.69) is 20.3 Å². The fourth-order valence-electron chi connectivity index (χ4n) is 4.49. The van der Waals surface area contributed by atoms with Crippen molar-refractivity contribution in [2.45, 2.75) is 39.4 Å². The predicted molar refractivity (Wildman–Crippen MR) is 145 cm³/mol. The maximum absolute atomic E-state index is 11.7. The van der Waals surface area contributed by atoms with E-state index in [-0.39, 0.29) is 12.0 Å². The summed E-state index contributed by atoms with van der Waals surface area (Å²) in [4.78, 5) is 26.6. The molecule has 2 N–H and O–H groups in total. The molecule has 0 unspecified atom stereocenters. The number of carbonyl (C=O) groups is 1. The number of aliphatic hydroxyl groups is 1. The van der Waals surface area contributed by atoms with Crippen LogP contribution in [0.2, 0.25) is 0 Å². The maximum atomic E-state index is 11.7. The summed E-state index contributed by atoms with van der Waals surface area (Å²) in [5, 5.41) is 13.3. The quantitative estimate of drug-likeness (QED) is 0.358. The lowest BCUT2D eigenvalue weighted by Crippen LogP contribution is -2.42. The average Bonchev–Trinajstić information content (AvgIpc) is 2.94. The van der Waals surface area contributed by atoms with E-state index in [0.29, 0.717) is 38.4 Å². The lowest BCUT2D eigenvalue weighted by Gasteiger charge is -2.31. The maximum Gasteiger partial charge on any atom is 0.248 e. The normalized spacial score (nSPS) is 13.9. The van der Waals surface area contributed by atoms with Crippen LogP contribution in [0.4, 0.5) is 11.5 Å². The van der Waals surface area contributed by atoms with Crippen molar-refractivity contribution >= 4 is 28.3 Å². The first-order chi connectivity index (χ1) is 18.5. The highest BCUT2D eigenvalue weighted by Gasteiger charge is 2.23. The van der Waals surface area contributed by atoms with Gasteiger partial charge in [-0.2, -0.15) is 0 Å². The third-order valence-electron chi connectivity index (χ3n) is 6.64. The number of likely N-dealkylation sites (tertiary alicyclic amines) is 1. The Balaban J connectivity index is 1.26. The van der Waals surface area contributed by atoms with Crippen molar-refractivity contribution in [3.05, 3.63) is 77.9 Å². The van der Waals surface area contributed by atoms with Crippen LogP contribution in [-0.2, 0) is 11.4 Å². The van der Waals surface area contributed by atoms with Gasteiger partial charge < -0.3 is 24.8 Å². The van der Waals surface area contributed by atoms with Gasteiger partial charge in [0.2, 0.25) is 5.91 Å². The summed E-state index contributed by atoms with van der Waals surface area (Å²) in [6.07, 6.45) is 4.81. The first-order valence-corrected chi connectivity index (χ1v) is 12.7. The van der Waals surface area contributed by atoms with Gasteiger partial charge in [0.15, 0.2) is 0 Å². The highest BCUT2D eigenvalue weighted by Crippen LogP contribution is 2.30. The highest BCUT2D eigenvalue weighted by atomic mass is 16.5. The molecule has 2 aromatic carbocycles. The lowest BCUT2D eigenvalue weighted by molar-refractivity contribution is -0.135. The molecule has 9 heteroatoms. The third-order valence-corrected chi connectivity index (χ3v) is 6.64. The van der Waals surface area contributed by atoms with Gasteiger partial charge in [0.05, 0.1) is 5.52 Å². The van der Waals surface area contributed by atoms with Gasteiger partial charge in [0.1, 0.15) is 43.0 Å². The number of hydrogen-bond donors (Lipinski definition) is 2. The van der Waals surface area contributed by atoms with Crippen molar-refractivity contribution in [1.29, 1.82) is 0 Å². The number of aliphatic hydroxyl groups excluding tert-OH is 1. The van der Waals surface area contributed by atoms with Crippen LogP contribution >= 0.6 is 0 Å². The number of anilines is 2. The lowest BCUT2D eigenvalue weighted by atomic mass is 10.1. The van der Waals surface area contributed by atoms with Gasteiger partial charge in [-0.1, -0.05) is 6.07 Å². The Kier molecular flexibility index (Phi) is 7.65. The van der Waals surface area contributed by atoms with Crippen LogP contribution in [0.15, 0.2) is 61.1 Å². The fraction of sp³-hybridized carbons (Fsp3) is 0.310. The number of aryl methyl sites for hydroxylation is 2. The number of ether oxygens (including phenoxy) is 2. The molecule has 0 aliphatic carbocycles. The molecule has 4 aromatic rings. The topological polar surface area (TPSA) is 110 Å². The number of rotatable bonds is 8. The molecule has 2 aromatic heterocycles. The number of hydrogen-bond acceptors (Lipinski definition) is 8. The number of fused-ring (bicyclic) bond motifs is 1. The number of benzene rings is 2. The molecule has 0 atom stereocenters. The zero-order valence-electron chi connectivity index (χ0n) is 21.6. The molecule has 5 rings (SSSR count). The summed E-state index contributed by atoms with van der Waals surface area (Å²) in [6, 6.07) is 15.7.